The van der Waals surface area contributed by atoms with Gasteiger partial charge in [0, 0.05) is 12.3 Å². The van der Waals surface area contributed by atoms with E-state index in [4.69, 9.17) is 16.3 Å². The molecule has 7 nitrogen and oxygen atoms in total. The van der Waals surface area contributed by atoms with Gasteiger partial charge in [0.25, 0.3) is 0 Å². The minimum absolute atomic E-state index is 0.0448. The van der Waals surface area contributed by atoms with E-state index in [1.807, 2.05) is 0 Å². The molecular weight excluding hydrogens is 320 g/mol. The molecule has 0 radical (unpaired) electrons. The van der Waals surface area contributed by atoms with Crippen LogP contribution in [0.25, 0.3) is 0 Å². The van der Waals surface area contributed by atoms with E-state index >= 15 is 0 Å². The van der Waals surface area contributed by atoms with Gasteiger partial charge in [-0.1, -0.05) is 11.6 Å². The van der Waals surface area contributed by atoms with Crippen LogP contribution >= 0.6 is 11.6 Å². The Morgan fingerprint density at radius 1 is 1.19 bits per heavy atom. The molecule has 0 saturated carbocycles. The standard InChI is InChI=1S/C12H9ClN2O5S/c1-21(18,19)9-4-2-8(3-5-9)20-12-10(15(16)17)6-7-11(13)14-12/h2-7H,1H3. The third-order valence-corrected chi connectivity index (χ3v) is 3.81. The fraction of sp³-hybridized carbons (Fsp3) is 0.0833. The molecule has 0 aliphatic carbocycles. The van der Waals surface area contributed by atoms with Gasteiger partial charge in [-0.3, -0.25) is 10.1 Å². The monoisotopic (exact) mass is 328 g/mol. The molecule has 0 amide bonds. The molecular formula is C12H9ClN2O5S. The van der Waals surface area contributed by atoms with Gasteiger partial charge in [0.05, 0.1) is 9.82 Å². The van der Waals surface area contributed by atoms with Crippen molar-refractivity contribution in [2.45, 2.75) is 4.90 Å². The summed E-state index contributed by atoms with van der Waals surface area (Å²) >= 11 is 5.68. The molecule has 9 heteroatoms. The first-order valence-corrected chi connectivity index (χ1v) is 7.83. The molecule has 1 heterocycles. The van der Waals surface area contributed by atoms with Crippen molar-refractivity contribution in [3.63, 3.8) is 0 Å². The fourth-order valence-electron chi connectivity index (χ4n) is 1.49. The van der Waals surface area contributed by atoms with Crippen LogP contribution in [-0.4, -0.2) is 24.6 Å². The Hall–Kier alpha value is -2.19. The fourth-order valence-corrected chi connectivity index (χ4v) is 2.26. The molecule has 0 spiro atoms. The number of rotatable bonds is 4. The van der Waals surface area contributed by atoms with E-state index in [0.717, 1.165) is 6.26 Å². The van der Waals surface area contributed by atoms with Gasteiger partial charge in [-0.25, -0.2) is 8.42 Å². The number of sulfone groups is 1. The maximum absolute atomic E-state index is 11.3. The van der Waals surface area contributed by atoms with Crippen molar-refractivity contribution < 1.29 is 18.1 Å². The number of halogens is 1. The molecule has 0 atom stereocenters. The minimum Gasteiger partial charge on any atom is -0.434 e. The average Bonchev–Trinajstić information content (AvgIpc) is 2.38. The van der Waals surface area contributed by atoms with Crippen LogP contribution in [0.4, 0.5) is 5.69 Å². The van der Waals surface area contributed by atoms with Gasteiger partial charge in [0.2, 0.25) is 0 Å². The first-order chi connectivity index (χ1) is 9.77. The molecule has 0 aliphatic rings. The third-order valence-electron chi connectivity index (χ3n) is 2.47. The van der Waals surface area contributed by atoms with Crippen molar-refractivity contribution in [1.29, 1.82) is 0 Å². The Labute approximate surface area is 125 Å². The summed E-state index contributed by atoms with van der Waals surface area (Å²) in [7, 11) is -3.32. The van der Waals surface area contributed by atoms with Gasteiger partial charge in [0.15, 0.2) is 9.84 Å². The Morgan fingerprint density at radius 2 is 1.81 bits per heavy atom. The molecule has 0 N–H and O–H groups in total. The quantitative estimate of drug-likeness (QED) is 0.486. The van der Waals surface area contributed by atoms with Crippen LogP contribution in [0, 0.1) is 10.1 Å². The van der Waals surface area contributed by atoms with Crippen LogP contribution in [0.3, 0.4) is 0 Å². The maximum atomic E-state index is 11.3. The number of hydrogen-bond acceptors (Lipinski definition) is 6. The number of nitrogens with zero attached hydrogens (tertiary/aromatic N) is 2. The summed E-state index contributed by atoms with van der Waals surface area (Å²) < 4.78 is 27.9. The molecule has 1 aromatic carbocycles. The summed E-state index contributed by atoms with van der Waals surface area (Å²) in [5.74, 6) is -0.0557. The van der Waals surface area contributed by atoms with Crippen LogP contribution in [0.5, 0.6) is 11.6 Å². The molecule has 1 aromatic heterocycles. The highest BCUT2D eigenvalue weighted by Gasteiger charge is 2.18. The average molecular weight is 329 g/mol. The Kier molecular flexibility index (Phi) is 4.10. The number of pyridine rings is 1. The van der Waals surface area contributed by atoms with E-state index in [2.05, 4.69) is 4.98 Å². The normalized spacial score (nSPS) is 11.1. The lowest BCUT2D eigenvalue weighted by Crippen LogP contribution is -1.98. The van der Waals surface area contributed by atoms with E-state index in [1.54, 1.807) is 0 Å². The summed E-state index contributed by atoms with van der Waals surface area (Å²) in [6.45, 7) is 0. The molecule has 2 rings (SSSR count). The Bertz CT molecular complexity index is 790. The van der Waals surface area contributed by atoms with Crippen LogP contribution in [0.15, 0.2) is 41.3 Å². The smallest absolute Gasteiger partial charge is 0.331 e. The summed E-state index contributed by atoms with van der Waals surface area (Å²) in [5, 5.41) is 10.9. The van der Waals surface area contributed by atoms with Gasteiger partial charge >= 0.3 is 11.6 Å². The first kappa shape index (κ1) is 15.2. The van der Waals surface area contributed by atoms with E-state index in [1.165, 1.54) is 36.4 Å². The lowest BCUT2D eigenvalue weighted by Gasteiger charge is -2.06. The van der Waals surface area contributed by atoms with Gasteiger partial charge in [-0.15, -0.1) is 0 Å². The van der Waals surface area contributed by atoms with Gasteiger partial charge in [-0.05, 0) is 30.3 Å². The zero-order valence-electron chi connectivity index (χ0n) is 10.7. The summed E-state index contributed by atoms with van der Waals surface area (Å²) in [6, 6.07) is 7.88. The van der Waals surface area contributed by atoms with Crippen molar-refractivity contribution in [2.24, 2.45) is 0 Å². The highest BCUT2D eigenvalue weighted by atomic mass is 35.5. The van der Waals surface area contributed by atoms with Gasteiger partial charge in [0.1, 0.15) is 10.9 Å². The highest BCUT2D eigenvalue weighted by molar-refractivity contribution is 7.90. The zero-order valence-corrected chi connectivity index (χ0v) is 12.3. The summed E-state index contributed by atoms with van der Waals surface area (Å²) in [5.41, 5.74) is -0.341. The molecule has 2 aromatic rings. The van der Waals surface area contributed by atoms with Crippen LogP contribution < -0.4 is 4.74 Å². The second-order valence-electron chi connectivity index (χ2n) is 4.06. The Morgan fingerprint density at radius 3 is 2.33 bits per heavy atom. The first-order valence-electron chi connectivity index (χ1n) is 5.56. The van der Waals surface area contributed by atoms with Gasteiger partial charge < -0.3 is 4.74 Å². The second kappa shape index (κ2) is 5.66. The SMILES string of the molecule is CS(=O)(=O)c1ccc(Oc2nc(Cl)ccc2[N+](=O)[O-])cc1. The largest absolute Gasteiger partial charge is 0.434 e. The maximum Gasteiger partial charge on any atom is 0.331 e. The van der Waals surface area contributed by atoms with Crippen molar-refractivity contribution in [1.82, 2.24) is 4.98 Å². The Balaban J connectivity index is 2.34. The highest BCUT2D eigenvalue weighted by Crippen LogP contribution is 2.30. The lowest BCUT2D eigenvalue weighted by molar-refractivity contribution is -0.386. The lowest BCUT2D eigenvalue weighted by atomic mass is 10.3. The summed E-state index contributed by atoms with van der Waals surface area (Å²) in [4.78, 5) is 14.1. The van der Waals surface area contributed by atoms with E-state index < -0.39 is 14.8 Å². The predicted octanol–water partition coefficient (Wildman–Crippen LogP) is 2.84. The van der Waals surface area contributed by atoms with Gasteiger partial charge in [-0.2, -0.15) is 4.98 Å². The third kappa shape index (κ3) is 3.67. The van der Waals surface area contributed by atoms with E-state index in [-0.39, 0.29) is 27.4 Å². The topological polar surface area (TPSA) is 99.4 Å². The number of hydrogen-bond donors (Lipinski definition) is 0. The van der Waals surface area contributed by atoms with Crippen molar-refractivity contribution in [3.8, 4) is 11.6 Å². The van der Waals surface area contributed by atoms with Crippen molar-refractivity contribution in [2.75, 3.05) is 6.26 Å². The molecule has 0 saturated heterocycles. The number of nitro groups is 1. The minimum atomic E-state index is -3.32. The summed E-state index contributed by atoms with van der Waals surface area (Å²) in [6.07, 6.45) is 1.08. The molecule has 0 unspecified atom stereocenters. The predicted molar refractivity (Wildman–Crippen MR) is 75.5 cm³/mol. The van der Waals surface area contributed by atoms with Crippen LogP contribution in [0.1, 0.15) is 0 Å². The number of aromatic nitrogens is 1. The molecule has 0 bridgehead atoms. The number of ether oxygens (including phenoxy) is 1. The molecule has 0 fully saturated rings. The van der Waals surface area contributed by atoms with Crippen molar-refractivity contribution in [3.05, 3.63) is 51.7 Å². The number of benzene rings is 1. The van der Waals surface area contributed by atoms with Crippen LogP contribution in [-0.2, 0) is 9.84 Å². The van der Waals surface area contributed by atoms with E-state index in [9.17, 15) is 18.5 Å². The molecule has 110 valence electrons. The van der Waals surface area contributed by atoms with E-state index in [0.29, 0.717) is 0 Å². The molecule has 0 aliphatic heterocycles. The second-order valence-corrected chi connectivity index (χ2v) is 6.46. The van der Waals surface area contributed by atoms with Crippen LogP contribution in [0.2, 0.25) is 5.15 Å². The molecule has 21 heavy (non-hydrogen) atoms. The zero-order chi connectivity index (χ0) is 15.6. The van der Waals surface area contributed by atoms with Crippen molar-refractivity contribution >= 4 is 27.1 Å².